The molecule has 0 atom stereocenters. The molecule has 0 saturated heterocycles. The monoisotopic (exact) mass is 113 g/mol. The van der Waals surface area contributed by atoms with E-state index in [0.717, 1.165) is 5.57 Å². The highest BCUT2D eigenvalue weighted by atomic mass is 16.5. The zero-order valence-electron chi connectivity index (χ0n) is 5.49. The second kappa shape index (κ2) is 3.24. The maximum Gasteiger partial charge on any atom is 0.183 e. The molecule has 0 aromatic carbocycles. The van der Waals surface area contributed by atoms with Gasteiger partial charge in [-0.15, -0.1) is 0 Å². The van der Waals surface area contributed by atoms with Gasteiger partial charge in [0, 0.05) is 6.92 Å². The molecule has 0 unspecified atom stereocenters. The van der Waals surface area contributed by atoms with Gasteiger partial charge in [0.1, 0.15) is 0 Å². The van der Waals surface area contributed by atoms with Crippen LogP contribution in [0.15, 0.2) is 11.8 Å². The van der Waals surface area contributed by atoms with E-state index in [1.807, 2.05) is 13.8 Å². The molecule has 1 N–H and O–H groups in total. The summed E-state index contributed by atoms with van der Waals surface area (Å²) in [7, 11) is 0. The van der Waals surface area contributed by atoms with Crippen LogP contribution in [0.3, 0.4) is 0 Å². The molecule has 0 heterocycles. The van der Waals surface area contributed by atoms with E-state index >= 15 is 0 Å². The average Bonchev–Trinajstić information content (AvgIpc) is 1.61. The molecule has 0 fully saturated rings. The summed E-state index contributed by atoms with van der Waals surface area (Å²) < 4.78 is 4.72. The number of hydrogen-bond donors (Lipinski definition) is 1. The van der Waals surface area contributed by atoms with Crippen molar-refractivity contribution in [2.75, 3.05) is 0 Å². The van der Waals surface area contributed by atoms with Crippen LogP contribution in [0, 0.1) is 5.41 Å². The van der Waals surface area contributed by atoms with Gasteiger partial charge in [-0.3, -0.25) is 5.41 Å². The molecule has 0 bridgehead atoms. The van der Waals surface area contributed by atoms with Crippen molar-refractivity contribution in [3.8, 4) is 0 Å². The van der Waals surface area contributed by atoms with Gasteiger partial charge in [-0.2, -0.15) is 0 Å². The highest BCUT2D eigenvalue weighted by molar-refractivity contribution is 5.69. The summed E-state index contributed by atoms with van der Waals surface area (Å²) in [6, 6.07) is 0. The Bertz CT molecular complexity index is 112. The van der Waals surface area contributed by atoms with Crippen LogP contribution < -0.4 is 0 Å². The Balaban J connectivity index is 3.45. The van der Waals surface area contributed by atoms with Crippen molar-refractivity contribution in [1.82, 2.24) is 0 Å². The number of rotatable bonds is 1. The van der Waals surface area contributed by atoms with E-state index in [1.54, 1.807) is 13.2 Å². The first-order valence-electron chi connectivity index (χ1n) is 2.48. The molecule has 0 aliphatic heterocycles. The van der Waals surface area contributed by atoms with Gasteiger partial charge in [-0.05, 0) is 19.4 Å². The van der Waals surface area contributed by atoms with Crippen molar-refractivity contribution in [2.24, 2.45) is 0 Å². The predicted molar refractivity (Wildman–Crippen MR) is 33.9 cm³/mol. The highest BCUT2D eigenvalue weighted by Gasteiger charge is 1.79. The molecule has 0 aliphatic rings. The summed E-state index contributed by atoms with van der Waals surface area (Å²) in [6.45, 7) is 5.44. The zero-order valence-corrected chi connectivity index (χ0v) is 5.49. The molecule has 0 amide bonds. The van der Waals surface area contributed by atoms with E-state index in [4.69, 9.17) is 10.1 Å². The van der Waals surface area contributed by atoms with Crippen LogP contribution in [0.5, 0.6) is 0 Å². The quantitative estimate of drug-likeness (QED) is 0.314. The standard InChI is InChI=1S/C6H11NO/c1-5(2)4-8-6(3)7/h4,7H,1-3H3. The fourth-order valence-corrected chi connectivity index (χ4v) is 0.206. The normalized spacial score (nSPS) is 7.88. The van der Waals surface area contributed by atoms with E-state index in [9.17, 15) is 0 Å². The Morgan fingerprint density at radius 1 is 1.38 bits per heavy atom. The second-order valence-corrected chi connectivity index (χ2v) is 1.87. The Morgan fingerprint density at radius 3 is 2.00 bits per heavy atom. The van der Waals surface area contributed by atoms with Gasteiger partial charge in [-0.25, -0.2) is 0 Å². The topological polar surface area (TPSA) is 33.1 Å². The van der Waals surface area contributed by atoms with Crippen LogP contribution in [0.25, 0.3) is 0 Å². The molecule has 2 heteroatoms. The maximum atomic E-state index is 6.82. The predicted octanol–water partition coefficient (Wildman–Crippen LogP) is 1.92. The summed E-state index contributed by atoms with van der Waals surface area (Å²) in [5.74, 6) is 0.228. The molecular weight excluding hydrogens is 102 g/mol. The molecule has 8 heavy (non-hydrogen) atoms. The lowest BCUT2D eigenvalue weighted by Gasteiger charge is -1.93. The second-order valence-electron chi connectivity index (χ2n) is 1.87. The molecule has 0 aromatic rings. The van der Waals surface area contributed by atoms with Crippen molar-refractivity contribution in [1.29, 1.82) is 5.41 Å². The van der Waals surface area contributed by atoms with Crippen LogP contribution in [0.4, 0.5) is 0 Å². The van der Waals surface area contributed by atoms with Crippen LogP contribution >= 0.6 is 0 Å². The molecule has 2 nitrogen and oxygen atoms in total. The molecular formula is C6H11NO. The third-order valence-corrected chi connectivity index (χ3v) is 0.471. The maximum absolute atomic E-state index is 6.82. The third-order valence-electron chi connectivity index (χ3n) is 0.471. The molecule has 0 spiro atoms. The Morgan fingerprint density at radius 2 is 1.88 bits per heavy atom. The van der Waals surface area contributed by atoms with E-state index < -0.39 is 0 Å². The lowest BCUT2D eigenvalue weighted by Crippen LogP contribution is -1.88. The first-order valence-corrected chi connectivity index (χ1v) is 2.48. The number of nitrogens with one attached hydrogen (secondary N) is 1. The summed E-state index contributed by atoms with van der Waals surface area (Å²) in [6.07, 6.45) is 1.56. The molecule has 0 rings (SSSR count). The Hall–Kier alpha value is -0.790. The van der Waals surface area contributed by atoms with Crippen LogP contribution in [-0.2, 0) is 4.74 Å². The van der Waals surface area contributed by atoms with Gasteiger partial charge < -0.3 is 4.74 Å². The summed E-state index contributed by atoms with van der Waals surface area (Å²) in [5.41, 5.74) is 1.07. The lowest BCUT2D eigenvalue weighted by molar-refractivity contribution is 0.458. The molecule has 46 valence electrons. The average molecular weight is 113 g/mol. The van der Waals surface area contributed by atoms with Gasteiger partial charge in [0.15, 0.2) is 5.90 Å². The first-order chi connectivity index (χ1) is 3.63. The molecule has 0 radical (unpaired) electrons. The van der Waals surface area contributed by atoms with Crippen molar-refractivity contribution >= 4 is 5.90 Å². The van der Waals surface area contributed by atoms with E-state index in [0.29, 0.717) is 0 Å². The minimum Gasteiger partial charge on any atom is -0.452 e. The summed E-state index contributed by atoms with van der Waals surface area (Å²) >= 11 is 0. The molecule has 0 aliphatic carbocycles. The minimum atomic E-state index is 0.228. The number of ether oxygens (including phenoxy) is 1. The van der Waals surface area contributed by atoms with E-state index in [2.05, 4.69) is 0 Å². The van der Waals surface area contributed by atoms with Gasteiger partial charge in [0.2, 0.25) is 0 Å². The summed E-state index contributed by atoms with van der Waals surface area (Å²) in [5, 5.41) is 6.82. The van der Waals surface area contributed by atoms with Crippen molar-refractivity contribution in [3.05, 3.63) is 11.8 Å². The van der Waals surface area contributed by atoms with Crippen LogP contribution in [-0.4, -0.2) is 5.90 Å². The number of allylic oxidation sites excluding steroid dienone is 1. The van der Waals surface area contributed by atoms with Gasteiger partial charge in [0.05, 0.1) is 6.26 Å². The number of hydrogen-bond acceptors (Lipinski definition) is 2. The summed E-state index contributed by atoms with van der Waals surface area (Å²) in [4.78, 5) is 0. The fraction of sp³-hybridized carbons (Fsp3) is 0.500. The SMILES string of the molecule is CC(=N)OC=C(C)C. The Labute approximate surface area is 49.7 Å². The van der Waals surface area contributed by atoms with E-state index in [1.165, 1.54) is 0 Å². The lowest BCUT2D eigenvalue weighted by atomic mass is 10.4. The van der Waals surface area contributed by atoms with Gasteiger partial charge in [0.25, 0.3) is 0 Å². The van der Waals surface area contributed by atoms with Crippen molar-refractivity contribution < 1.29 is 4.74 Å². The van der Waals surface area contributed by atoms with E-state index in [-0.39, 0.29) is 5.90 Å². The van der Waals surface area contributed by atoms with Crippen molar-refractivity contribution in [2.45, 2.75) is 20.8 Å². The van der Waals surface area contributed by atoms with Crippen molar-refractivity contribution in [3.63, 3.8) is 0 Å². The minimum absolute atomic E-state index is 0.228. The van der Waals surface area contributed by atoms with Gasteiger partial charge >= 0.3 is 0 Å². The zero-order chi connectivity index (χ0) is 6.57. The first kappa shape index (κ1) is 7.21. The van der Waals surface area contributed by atoms with Crippen LogP contribution in [0.2, 0.25) is 0 Å². The molecule has 0 saturated carbocycles. The molecule has 0 aromatic heterocycles. The smallest absolute Gasteiger partial charge is 0.183 e. The van der Waals surface area contributed by atoms with Crippen LogP contribution in [0.1, 0.15) is 20.8 Å². The Kier molecular flexibility index (Phi) is 2.92. The highest BCUT2D eigenvalue weighted by Crippen LogP contribution is 1.88. The fourth-order valence-electron chi connectivity index (χ4n) is 0.206. The largest absolute Gasteiger partial charge is 0.452 e. The third kappa shape index (κ3) is 5.21. The van der Waals surface area contributed by atoms with Gasteiger partial charge in [-0.1, -0.05) is 0 Å².